The standard InChI is InChI=1S/C12H23NO/c1-4-6-7-11(5-2)13-12-8-9-14-10(12)3/h4,10-13H,1,5-9H2,2-3H3. The first-order chi connectivity index (χ1) is 6.77. The summed E-state index contributed by atoms with van der Waals surface area (Å²) in [5, 5.41) is 3.68. The topological polar surface area (TPSA) is 21.3 Å². The molecule has 0 aromatic heterocycles. The normalized spacial score (nSPS) is 29.0. The summed E-state index contributed by atoms with van der Waals surface area (Å²) in [4.78, 5) is 0. The molecule has 2 heteroatoms. The molecular formula is C12H23NO. The molecule has 1 aliphatic heterocycles. The highest BCUT2D eigenvalue weighted by atomic mass is 16.5. The van der Waals surface area contributed by atoms with Crippen LogP contribution < -0.4 is 5.32 Å². The van der Waals surface area contributed by atoms with E-state index in [1.54, 1.807) is 0 Å². The highest BCUT2D eigenvalue weighted by Gasteiger charge is 2.25. The number of ether oxygens (including phenoxy) is 1. The van der Waals surface area contributed by atoms with Gasteiger partial charge in [-0.3, -0.25) is 0 Å². The van der Waals surface area contributed by atoms with Crippen LogP contribution in [0.4, 0.5) is 0 Å². The number of nitrogens with one attached hydrogen (secondary N) is 1. The fourth-order valence-electron chi connectivity index (χ4n) is 1.98. The summed E-state index contributed by atoms with van der Waals surface area (Å²) >= 11 is 0. The molecule has 3 unspecified atom stereocenters. The van der Waals surface area contributed by atoms with Crippen LogP contribution in [0.2, 0.25) is 0 Å². The molecule has 14 heavy (non-hydrogen) atoms. The molecule has 0 radical (unpaired) electrons. The summed E-state index contributed by atoms with van der Waals surface area (Å²) in [5.74, 6) is 0. The van der Waals surface area contributed by atoms with Gasteiger partial charge < -0.3 is 10.1 Å². The fourth-order valence-corrected chi connectivity index (χ4v) is 1.98. The van der Waals surface area contributed by atoms with Crippen molar-refractivity contribution in [1.82, 2.24) is 5.32 Å². The van der Waals surface area contributed by atoms with E-state index >= 15 is 0 Å². The van der Waals surface area contributed by atoms with Crippen LogP contribution in [0.3, 0.4) is 0 Å². The Hall–Kier alpha value is -0.340. The largest absolute Gasteiger partial charge is 0.377 e. The van der Waals surface area contributed by atoms with E-state index in [-0.39, 0.29) is 0 Å². The lowest BCUT2D eigenvalue weighted by molar-refractivity contribution is 0.110. The molecule has 1 aliphatic rings. The van der Waals surface area contributed by atoms with E-state index in [9.17, 15) is 0 Å². The summed E-state index contributed by atoms with van der Waals surface area (Å²) in [5.41, 5.74) is 0. The van der Waals surface area contributed by atoms with Gasteiger partial charge in [0, 0.05) is 18.7 Å². The monoisotopic (exact) mass is 197 g/mol. The summed E-state index contributed by atoms with van der Waals surface area (Å²) in [6.07, 6.45) is 7.03. The van der Waals surface area contributed by atoms with Crippen LogP contribution in [-0.4, -0.2) is 24.8 Å². The summed E-state index contributed by atoms with van der Waals surface area (Å²) < 4.78 is 5.53. The molecule has 1 rings (SSSR count). The van der Waals surface area contributed by atoms with Crippen LogP contribution in [-0.2, 0) is 4.74 Å². The zero-order chi connectivity index (χ0) is 10.4. The Bertz CT molecular complexity index is 170. The van der Waals surface area contributed by atoms with Crippen molar-refractivity contribution in [3.8, 4) is 0 Å². The van der Waals surface area contributed by atoms with Gasteiger partial charge in [-0.25, -0.2) is 0 Å². The van der Waals surface area contributed by atoms with E-state index < -0.39 is 0 Å². The van der Waals surface area contributed by atoms with Gasteiger partial charge in [0.05, 0.1) is 6.10 Å². The van der Waals surface area contributed by atoms with Crippen LogP contribution in [0.1, 0.15) is 39.5 Å². The Kier molecular flexibility index (Phi) is 5.20. The van der Waals surface area contributed by atoms with E-state index in [4.69, 9.17) is 4.74 Å². The second-order valence-electron chi connectivity index (χ2n) is 4.11. The van der Waals surface area contributed by atoms with Gasteiger partial charge in [-0.2, -0.15) is 0 Å². The first-order valence-corrected chi connectivity index (χ1v) is 5.76. The molecular weight excluding hydrogens is 174 g/mol. The van der Waals surface area contributed by atoms with Gasteiger partial charge in [-0.1, -0.05) is 13.0 Å². The third kappa shape index (κ3) is 3.43. The summed E-state index contributed by atoms with van der Waals surface area (Å²) in [7, 11) is 0. The van der Waals surface area contributed by atoms with Crippen molar-refractivity contribution < 1.29 is 4.74 Å². The van der Waals surface area contributed by atoms with Crippen molar-refractivity contribution >= 4 is 0 Å². The Morgan fingerprint density at radius 2 is 2.43 bits per heavy atom. The van der Waals surface area contributed by atoms with Crippen molar-refractivity contribution in [3.05, 3.63) is 12.7 Å². The first-order valence-electron chi connectivity index (χ1n) is 5.76. The smallest absolute Gasteiger partial charge is 0.0700 e. The van der Waals surface area contributed by atoms with E-state index in [2.05, 4.69) is 25.7 Å². The number of hydrogen-bond donors (Lipinski definition) is 1. The maximum Gasteiger partial charge on any atom is 0.0700 e. The van der Waals surface area contributed by atoms with Crippen LogP contribution in [0, 0.1) is 0 Å². The van der Waals surface area contributed by atoms with Crippen molar-refractivity contribution in [3.63, 3.8) is 0 Å². The molecule has 1 saturated heterocycles. The van der Waals surface area contributed by atoms with E-state index in [1.165, 1.54) is 12.8 Å². The third-order valence-electron chi connectivity index (χ3n) is 3.04. The van der Waals surface area contributed by atoms with E-state index in [0.29, 0.717) is 18.2 Å². The predicted octanol–water partition coefficient (Wildman–Crippen LogP) is 2.50. The lowest BCUT2D eigenvalue weighted by Crippen LogP contribution is -2.41. The summed E-state index contributed by atoms with van der Waals surface area (Å²) in [6, 6.07) is 1.19. The third-order valence-corrected chi connectivity index (χ3v) is 3.04. The lowest BCUT2D eigenvalue weighted by atomic mass is 10.1. The Morgan fingerprint density at radius 3 is 2.93 bits per heavy atom. The van der Waals surface area contributed by atoms with Crippen LogP contribution in [0.25, 0.3) is 0 Å². The van der Waals surface area contributed by atoms with E-state index in [1.807, 2.05) is 6.08 Å². The molecule has 0 aromatic rings. The van der Waals surface area contributed by atoms with Crippen LogP contribution >= 0.6 is 0 Å². The zero-order valence-corrected chi connectivity index (χ0v) is 9.46. The molecule has 2 nitrogen and oxygen atoms in total. The fraction of sp³-hybridized carbons (Fsp3) is 0.833. The maximum absolute atomic E-state index is 5.53. The second kappa shape index (κ2) is 6.20. The van der Waals surface area contributed by atoms with Crippen LogP contribution in [0.15, 0.2) is 12.7 Å². The van der Waals surface area contributed by atoms with Gasteiger partial charge in [0.25, 0.3) is 0 Å². The van der Waals surface area contributed by atoms with Crippen LogP contribution in [0.5, 0.6) is 0 Å². The van der Waals surface area contributed by atoms with E-state index in [0.717, 1.165) is 19.4 Å². The SMILES string of the molecule is C=CCCC(CC)NC1CCOC1C. The highest BCUT2D eigenvalue weighted by Crippen LogP contribution is 2.15. The minimum atomic E-state index is 0.382. The molecule has 1 heterocycles. The zero-order valence-electron chi connectivity index (χ0n) is 9.46. The van der Waals surface area contributed by atoms with Gasteiger partial charge in [0.2, 0.25) is 0 Å². The van der Waals surface area contributed by atoms with Crippen molar-refractivity contribution in [2.75, 3.05) is 6.61 Å². The van der Waals surface area contributed by atoms with Crippen molar-refractivity contribution in [1.29, 1.82) is 0 Å². The lowest BCUT2D eigenvalue weighted by Gasteiger charge is -2.23. The molecule has 0 spiro atoms. The maximum atomic E-state index is 5.53. The molecule has 1 N–H and O–H groups in total. The molecule has 82 valence electrons. The van der Waals surface area contributed by atoms with Gasteiger partial charge in [0.1, 0.15) is 0 Å². The quantitative estimate of drug-likeness (QED) is 0.661. The molecule has 0 aliphatic carbocycles. The number of allylic oxidation sites excluding steroid dienone is 1. The Labute approximate surface area is 87.7 Å². The number of hydrogen-bond acceptors (Lipinski definition) is 2. The van der Waals surface area contributed by atoms with Gasteiger partial charge in [0.15, 0.2) is 0 Å². The Balaban J connectivity index is 2.27. The van der Waals surface area contributed by atoms with Gasteiger partial charge >= 0.3 is 0 Å². The van der Waals surface area contributed by atoms with Crippen molar-refractivity contribution in [2.45, 2.75) is 57.7 Å². The highest BCUT2D eigenvalue weighted by molar-refractivity contribution is 4.83. The summed E-state index contributed by atoms with van der Waals surface area (Å²) in [6.45, 7) is 9.07. The molecule has 0 amide bonds. The van der Waals surface area contributed by atoms with Crippen molar-refractivity contribution in [2.24, 2.45) is 0 Å². The Morgan fingerprint density at radius 1 is 1.64 bits per heavy atom. The van der Waals surface area contributed by atoms with Gasteiger partial charge in [-0.15, -0.1) is 6.58 Å². The second-order valence-corrected chi connectivity index (χ2v) is 4.11. The molecule has 3 atom stereocenters. The van der Waals surface area contributed by atoms with Gasteiger partial charge in [-0.05, 0) is 32.6 Å². The molecule has 0 bridgehead atoms. The average Bonchev–Trinajstić information content (AvgIpc) is 2.59. The number of rotatable bonds is 6. The minimum Gasteiger partial charge on any atom is -0.377 e. The first kappa shape index (κ1) is 11.7. The predicted molar refractivity (Wildman–Crippen MR) is 60.5 cm³/mol. The molecule has 1 fully saturated rings. The average molecular weight is 197 g/mol. The molecule has 0 aromatic carbocycles. The minimum absolute atomic E-state index is 0.382. The molecule has 0 saturated carbocycles.